The summed E-state index contributed by atoms with van der Waals surface area (Å²) in [6, 6.07) is 0. The van der Waals surface area contributed by atoms with E-state index in [0.717, 1.165) is 0 Å². The maximum Gasteiger partial charge on any atom is 0.314 e. The molecule has 0 heterocycles. The fourth-order valence-electron chi connectivity index (χ4n) is 0. The van der Waals surface area contributed by atoms with Crippen LogP contribution in [0.3, 0.4) is 0 Å². The molecule has 40 valence electrons. The molecule has 0 fully saturated rings. The van der Waals surface area contributed by atoms with Crippen LogP contribution >= 0.6 is 30.8 Å². The van der Waals surface area contributed by atoms with Crippen LogP contribution in [-0.2, 0) is 4.57 Å². The Morgan fingerprint density at radius 1 is 1.50 bits per heavy atom. The molecule has 0 amide bonds. The fraction of sp³-hybridized carbons (Fsp3) is 1.00. The highest BCUT2D eigenvalue weighted by Crippen LogP contribution is 1.98. The summed E-state index contributed by atoms with van der Waals surface area (Å²) < 4.78 is 8.74. The minimum atomic E-state index is -3.13. The van der Waals surface area contributed by atoms with Crippen molar-refractivity contribution in [3.8, 4) is 0 Å². The van der Waals surface area contributed by atoms with Crippen LogP contribution in [0.15, 0.2) is 0 Å². The first kappa shape index (κ1) is 9.99. The standard InChI is InChI=1S/CH3I.H3O3P/c1-2;1-4(2)3/h1H3;4H,(H2,1,2,3). The van der Waals surface area contributed by atoms with Gasteiger partial charge in [0.1, 0.15) is 0 Å². The highest BCUT2D eigenvalue weighted by molar-refractivity contribution is 14.1. The summed E-state index contributed by atoms with van der Waals surface area (Å²) in [4.78, 5) is 16.3. The third kappa shape index (κ3) is 94.9. The van der Waals surface area contributed by atoms with E-state index in [2.05, 4.69) is 22.6 Å². The Morgan fingerprint density at radius 3 is 1.50 bits per heavy atom. The second kappa shape index (κ2) is 9.30. The van der Waals surface area contributed by atoms with Gasteiger partial charge in [0.15, 0.2) is 0 Å². The molecule has 0 spiro atoms. The molecule has 0 unspecified atom stereocenters. The summed E-state index contributed by atoms with van der Waals surface area (Å²) in [5.74, 6) is 0. The van der Waals surface area contributed by atoms with E-state index in [0.29, 0.717) is 0 Å². The van der Waals surface area contributed by atoms with Crippen LogP contribution in [0.5, 0.6) is 0 Å². The van der Waals surface area contributed by atoms with Gasteiger partial charge in [-0.3, -0.25) is 4.57 Å². The van der Waals surface area contributed by atoms with Crippen molar-refractivity contribution < 1.29 is 14.4 Å². The highest BCUT2D eigenvalue weighted by Gasteiger charge is 1.61. The van der Waals surface area contributed by atoms with Gasteiger partial charge in [0.25, 0.3) is 0 Å². The van der Waals surface area contributed by atoms with Gasteiger partial charge in [-0.1, -0.05) is 22.6 Å². The largest absolute Gasteiger partial charge is 0.326 e. The molecule has 0 bridgehead atoms. The number of alkyl halides is 1. The van der Waals surface area contributed by atoms with Crippen molar-refractivity contribution >= 4 is 30.8 Å². The lowest BCUT2D eigenvalue weighted by Crippen LogP contribution is -1.38. The summed E-state index contributed by atoms with van der Waals surface area (Å²) in [5, 5.41) is 0. The molecule has 0 aliphatic carbocycles. The number of hydrogen-bond donors (Lipinski definition) is 2. The zero-order chi connectivity index (χ0) is 5.58. The van der Waals surface area contributed by atoms with Crippen LogP contribution in [0.25, 0.3) is 0 Å². The number of halogens is 1. The van der Waals surface area contributed by atoms with Crippen LogP contribution in [0.2, 0.25) is 0 Å². The van der Waals surface area contributed by atoms with E-state index >= 15 is 0 Å². The summed E-state index contributed by atoms with van der Waals surface area (Å²) in [7, 11) is -3.13. The van der Waals surface area contributed by atoms with E-state index < -0.39 is 8.25 Å². The lowest BCUT2D eigenvalue weighted by Gasteiger charge is -1.61. The molecule has 0 aromatic rings. The minimum absolute atomic E-state index is 1.97. The van der Waals surface area contributed by atoms with Crippen LogP contribution in [0.4, 0.5) is 0 Å². The van der Waals surface area contributed by atoms with E-state index in [-0.39, 0.29) is 0 Å². The summed E-state index contributed by atoms with van der Waals surface area (Å²) in [6.45, 7) is 0. The van der Waals surface area contributed by atoms with Gasteiger partial charge >= 0.3 is 8.25 Å². The van der Waals surface area contributed by atoms with Gasteiger partial charge in [0.05, 0.1) is 0 Å². The molecule has 2 N–H and O–H groups in total. The summed E-state index contributed by atoms with van der Waals surface area (Å²) >= 11 is 2.15. The van der Waals surface area contributed by atoms with Crippen LogP contribution < -0.4 is 0 Å². The monoisotopic (exact) mass is 224 g/mol. The van der Waals surface area contributed by atoms with Gasteiger partial charge in [-0.25, -0.2) is 0 Å². The average Bonchev–Trinajstić information content (AvgIpc) is 1.41. The zero-order valence-electron chi connectivity index (χ0n) is 3.18. The zero-order valence-corrected chi connectivity index (χ0v) is 6.34. The number of hydrogen-bond acceptors (Lipinski definition) is 1. The molecule has 0 aromatic heterocycles. The molecule has 3 nitrogen and oxygen atoms in total. The summed E-state index contributed by atoms with van der Waals surface area (Å²) in [5.41, 5.74) is 0. The van der Waals surface area contributed by atoms with Gasteiger partial charge in [0, 0.05) is 0 Å². The lowest BCUT2D eigenvalue weighted by atomic mass is 12.0. The van der Waals surface area contributed by atoms with Crippen molar-refractivity contribution in [2.24, 2.45) is 0 Å². The van der Waals surface area contributed by atoms with Crippen molar-refractivity contribution in [2.45, 2.75) is 0 Å². The van der Waals surface area contributed by atoms with Gasteiger partial charge in [0.2, 0.25) is 0 Å². The number of rotatable bonds is 0. The lowest BCUT2D eigenvalue weighted by molar-refractivity contribution is 0.405. The molecule has 0 atom stereocenters. The second-order valence-corrected chi connectivity index (χ2v) is 0.848. The van der Waals surface area contributed by atoms with Crippen LogP contribution in [-0.4, -0.2) is 14.7 Å². The third-order valence-electron chi connectivity index (χ3n) is 0. The minimum Gasteiger partial charge on any atom is -0.326 e. The van der Waals surface area contributed by atoms with E-state index in [4.69, 9.17) is 14.4 Å². The van der Waals surface area contributed by atoms with Gasteiger partial charge in [-0.05, 0) is 4.93 Å². The first-order valence-electron chi connectivity index (χ1n) is 1.03. The van der Waals surface area contributed by atoms with E-state index in [9.17, 15) is 0 Å². The summed E-state index contributed by atoms with van der Waals surface area (Å²) in [6.07, 6.45) is 0. The Balaban J connectivity index is 0. The highest BCUT2D eigenvalue weighted by atomic mass is 127. The Labute approximate surface area is 50.5 Å². The molecule has 0 aliphatic heterocycles. The van der Waals surface area contributed by atoms with E-state index in [1.54, 1.807) is 0 Å². The maximum atomic E-state index is 8.74. The van der Waals surface area contributed by atoms with Crippen LogP contribution in [0, 0.1) is 0 Å². The topological polar surface area (TPSA) is 57.5 Å². The Kier molecular flexibility index (Phi) is 15.5. The molecule has 6 heavy (non-hydrogen) atoms. The molecule has 0 saturated heterocycles. The SMILES string of the molecule is CI.O=[PH](O)O. The van der Waals surface area contributed by atoms with Gasteiger partial charge in [-0.2, -0.15) is 0 Å². The smallest absolute Gasteiger partial charge is 0.314 e. The Morgan fingerprint density at radius 2 is 1.50 bits per heavy atom. The van der Waals surface area contributed by atoms with Crippen molar-refractivity contribution in [3.05, 3.63) is 0 Å². The Hall–Kier alpha value is 0.880. The molecule has 5 heteroatoms. The normalized spacial score (nSPS) is 6.83. The predicted molar refractivity (Wildman–Crippen MR) is 33.4 cm³/mol. The van der Waals surface area contributed by atoms with Crippen LogP contribution in [0.1, 0.15) is 0 Å². The first-order valence-corrected chi connectivity index (χ1v) is 4.49. The molecular weight excluding hydrogens is 218 g/mol. The molecule has 0 saturated carbocycles. The first-order chi connectivity index (χ1) is 2.73. The molecule has 0 radical (unpaired) electrons. The van der Waals surface area contributed by atoms with Gasteiger partial charge in [-0.15, -0.1) is 0 Å². The van der Waals surface area contributed by atoms with E-state index in [1.165, 1.54) is 0 Å². The molecular formula is CH6IO3P. The Bertz CT molecular complexity index is 33.8. The average molecular weight is 224 g/mol. The molecule has 0 aliphatic rings. The third-order valence-corrected chi connectivity index (χ3v) is 0. The maximum absolute atomic E-state index is 8.74. The fourth-order valence-corrected chi connectivity index (χ4v) is 0. The van der Waals surface area contributed by atoms with Crippen molar-refractivity contribution in [1.29, 1.82) is 0 Å². The molecule has 0 rings (SSSR count). The second-order valence-electron chi connectivity index (χ2n) is 0.283. The molecule has 0 aromatic carbocycles. The van der Waals surface area contributed by atoms with Crippen molar-refractivity contribution in [1.82, 2.24) is 0 Å². The van der Waals surface area contributed by atoms with Gasteiger partial charge < -0.3 is 9.79 Å². The van der Waals surface area contributed by atoms with E-state index in [1.807, 2.05) is 4.93 Å². The van der Waals surface area contributed by atoms with Crippen molar-refractivity contribution in [2.75, 3.05) is 4.93 Å². The van der Waals surface area contributed by atoms with Crippen molar-refractivity contribution in [3.63, 3.8) is 0 Å². The predicted octanol–water partition coefficient (Wildman–Crippen LogP) is 0.412. The quantitative estimate of drug-likeness (QED) is 0.356.